The van der Waals surface area contributed by atoms with Crippen LogP contribution in [0.5, 0.6) is 0 Å². The first-order chi connectivity index (χ1) is 6.12. The second kappa shape index (κ2) is 7.69. The van der Waals surface area contributed by atoms with Crippen LogP contribution in [0.3, 0.4) is 0 Å². The van der Waals surface area contributed by atoms with Gasteiger partial charge in [0.15, 0.2) is 0 Å². The molecular formula is C11H25NS. The third-order valence-electron chi connectivity index (χ3n) is 2.34. The van der Waals surface area contributed by atoms with Crippen LogP contribution >= 0.6 is 11.8 Å². The highest BCUT2D eigenvalue weighted by Gasteiger charge is 2.13. The van der Waals surface area contributed by atoms with Crippen LogP contribution in [0.1, 0.15) is 46.5 Å². The van der Waals surface area contributed by atoms with E-state index < -0.39 is 0 Å². The first-order valence-electron chi connectivity index (χ1n) is 5.40. The maximum atomic E-state index is 5.66. The van der Waals surface area contributed by atoms with Crippen molar-refractivity contribution >= 4 is 11.8 Å². The van der Waals surface area contributed by atoms with Crippen LogP contribution in [-0.2, 0) is 0 Å². The van der Waals surface area contributed by atoms with Gasteiger partial charge in [0.25, 0.3) is 0 Å². The third kappa shape index (κ3) is 8.63. The first kappa shape index (κ1) is 13.3. The molecule has 0 radical (unpaired) electrons. The number of hydrogen-bond donors (Lipinski definition) is 1. The maximum Gasteiger partial charge on any atom is -0.00258 e. The molecule has 13 heavy (non-hydrogen) atoms. The Morgan fingerprint density at radius 3 is 2.31 bits per heavy atom. The third-order valence-corrected chi connectivity index (χ3v) is 3.49. The summed E-state index contributed by atoms with van der Waals surface area (Å²) in [4.78, 5) is 0. The quantitative estimate of drug-likeness (QED) is 0.613. The fraction of sp³-hybridized carbons (Fsp3) is 1.00. The summed E-state index contributed by atoms with van der Waals surface area (Å²) in [5.41, 5.74) is 6.01. The molecule has 2 heteroatoms. The molecule has 0 heterocycles. The Bertz CT molecular complexity index is 113. The van der Waals surface area contributed by atoms with Crippen molar-refractivity contribution in [2.24, 2.45) is 11.1 Å². The van der Waals surface area contributed by atoms with Gasteiger partial charge in [-0.2, -0.15) is 11.8 Å². The minimum atomic E-state index is 0.352. The largest absolute Gasteiger partial charge is 0.330 e. The van der Waals surface area contributed by atoms with E-state index in [1.165, 1.54) is 37.2 Å². The van der Waals surface area contributed by atoms with E-state index in [1.54, 1.807) is 0 Å². The van der Waals surface area contributed by atoms with E-state index >= 15 is 0 Å². The number of nitrogens with two attached hydrogens (primary N) is 1. The van der Waals surface area contributed by atoms with Crippen molar-refractivity contribution in [1.82, 2.24) is 0 Å². The summed E-state index contributed by atoms with van der Waals surface area (Å²) in [6.45, 7) is 7.57. The average Bonchev–Trinajstić information content (AvgIpc) is 2.11. The van der Waals surface area contributed by atoms with Gasteiger partial charge in [0, 0.05) is 0 Å². The monoisotopic (exact) mass is 203 g/mol. The zero-order valence-corrected chi connectivity index (χ0v) is 10.3. The molecule has 0 aliphatic heterocycles. The minimum absolute atomic E-state index is 0.352. The van der Waals surface area contributed by atoms with Crippen molar-refractivity contribution in [2.45, 2.75) is 46.5 Å². The lowest BCUT2D eigenvalue weighted by Crippen LogP contribution is -2.23. The van der Waals surface area contributed by atoms with Crippen molar-refractivity contribution in [3.63, 3.8) is 0 Å². The highest BCUT2D eigenvalue weighted by Crippen LogP contribution is 2.21. The molecule has 2 N–H and O–H groups in total. The summed E-state index contributed by atoms with van der Waals surface area (Å²) in [6.07, 6.45) is 5.27. The molecule has 0 aromatic heterocycles. The fourth-order valence-corrected chi connectivity index (χ4v) is 2.15. The molecule has 0 aliphatic rings. The second-order valence-corrected chi connectivity index (χ2v) is 5.66. The average molecular weight is 203 g/mol. The molecular weight excluding hydrogens is 178 g/mol. The van der Waals surface area contributed by atoms with E-state index in [-0.39, 0.29) is 0 Å². The summed E-state index contributed by atoms with van der Waals surface area (Å²) in [7, 11) is 0. The molecule has 0 unspecified atom stereocenters. The Balaban J connectivity index is 3.16. The van der Waals surface area contributed by atoms with Crippen molar-refractivity contribution in [3.05, 3.63) is 0 Å². The van der Waals surface area contributed by atoms with Gasteiger partial charge >= 0.3 is 0 Å². The van der Waals surface area contributed by atoms with Gasteiger partial charge in [0.05, 0.1) is 0 Å². The van der Waals surface area contributed by atoms with Gasteiger partial charge in [-0.3, -0.25) is 0 Å². The van der Waals surface area contributed by atoms with Gasteiger partial charge in [0.2, 0.25) is 0 Å². The van der Waals surface area contributed by atoms with Crippen molar-refractivity contribution < 1.29 is 0 Å². The molecule has 0 saturated carbocycles. The Kier molecular flexibility index (Phi) is 7.87. The van der Waals surface area contributed by atoms with Crippen molar-refractivity contribution in [3.8, 4) is 0 Å². The van der Waals surface area contributed by atoms with Gasteiger partial charge in [0.1, 0.15) is 0 Å². The van der Waals surface area contributed by atoms with E-state index in [0.29, 0.717) is 5.41 Å². The summed E-state index contributed by atoms with van der Waals surface area (Å²) < 4.78 is 0. The minimum Gasteiger partial charge on any atom is -0.330 e. The van der Waals surface area contributed by atoms with Crippen LogP contribution in [0.4, 0.5) is 0 Å². The van der Waals surface area contributed by atoms with Crippen LogP contribution < -0.4 is 5.73 Å². The molecule has 0 aromatic rings. The zero-order chi connectivity index (χ0) is 10.2. The molecule has 1 nitrogen and oxygen atoms in total. The predicted octanol–water partition coefficient (Wildman–Crippen LogP) is 3.28. The fourth-order valence-electron chi connectivity index (χ4n) is 1.10. The van der Waals surface area contributed by atoms with E-state index in [0.717, 1.165) is 6.54 Å². The van der Waals surface area contributed by atoms with E-state index in [2.05, 4.69) is 32.5 Å². The molecule has 0 atom stereocenters. The molecule has 0 bridgehead atoms. The Hall–Kier alpha value is 0.310. The molecule has 0 amide bonds. The van der Waals surface area contributed by atoms with Gasteiger partial charge in [-0.05, 0) is 42.7 Å². The number of thioether (sulfide) groups is 1. The first-order valence-corrected chi connectivity index (χ1v) is 6.55. The predicted molar refractivity (Wildman–Crippen MR) is 64.3 cm³/mol. The lowest BCUT2D eigenvalue weighted by atomic mass is 9.88. The molecule has 0 rings (SSSR count). The zero-order valence-electron chi connectivity index (χ0n) is 9.44. The van der Waals surface area contributed by atoms with E-state index in [1.807, 2.05) is 0 Å². The molecule has 0 saturated heterocycles. The molecule has 80 valence electrons. The van der Waals surface area contributed by atoms with Crippen LogP contribution in [0, 0.1) is 5.41 Å². The van der Waals surface area contributed by atoms with Crippen LogP contribution in [0.2, 0.25) is 0 Å². The summed E-state index contributed by atoms with van der Waals surface area (Å²) in [6, 6.07) is 0. The number of hydrogen-bond acceptors (Lipinski definition) is 2. The summed E-state index contributed by atoms with van der Waals surface area (Å²) in [5.74, 6) is 2.64. The Morgan fingerprint density at radius 1 is 1.15 bits per heavy atom. The Morgan fingerprint density at radius 2 is 1.77 bits per heavy atom. The second-order valence-electron chi connectivity index (χ2n) is 4.44. The SMILES string of the molecule is CCCCSCCCC(C)(C)CN. The normalized spacial score (nSPS) is 12.0. The highest BCUT2D eigenvalue weighted by atomic mass is 32.2. The van der Waals surface area contributed by atoms with Crippen LogP contribution in [0.25, 0.3) is 0 Å². The van der Waals surface area contributed by atoms with Gasteiger partial charge in [-0.15, -0.1) is 0 Å². The van der Waals surface area contributed by atoms with Gasteiger partial charge in [-0.1, -0.05) is 27.2 Å². The standard InChI is InChI=1S/C11H25NS/c1-4-5-8-13-9-6-7-11(2,3)10-12/h4-10,12H2,1-3H3. The lowest BCUT2D eigenvalue weighted by molar-refractivity contribution is 0.345. The number of rotatable bonds is 8. The maximum absolute atomic E-state index is 5.66. The highest BCUT2D eigenvalue weighted by molar-refractivity contribution is 7.99. The Labute approximate surface area is 87.9 Å². The molecule has 0 spiro atoms. The van der Waals surface area contributed by atoms with Crippen LogP contribution in [-0.4, -0.2) is 18.1 Å². The van der Waals surface area contributed by atoms with Crippen molar-refractivity contribution in [2.75, 3.05) is 18.1 Å². The molecule has 0 aliphatic carbocycles. The topological polar surface area (TPSA) is 26.0 Å². The number of unbranched alkanes of at least 4 members (excludes halogenated alkanes) is 1. The molecule has 0 fully saturated rings. The van der Waals surface area contributed by atoms with Gasteiger partial charge in [-0.25, -0.2) is 0 Å². The summed E-state index contributed by atoms with van der Waals surface area (Å²) >= 11 is 2.09. The van der Waals surface area contributed by atoms with E-state index in [9.17, 15) is 0 Å². The van der Waals surface area contributed by atoms with E-state index in [4.69, 9.17) is 5.73 Å². The van der Waals surface area contributed by atoms with Crippen LogP contribution in [0.15, 0.2) is 0 Å². The smallest absolute Gasteiger partial charge is 0.00258 e. The van der Waals surface area contributed by atoms with Gasteiger partial charge < -0.3 is 5.73 Å². The lowest BCUT2D eigenvalue weighted by Gasteiger charge is -2.21. The summed E-state index contributed by atoms with van der Waals surface area (Å²) in [5, 5.41) is 0. The molecule has 0 aromatic carbocycles. The van der Waals surface area contributed by atoms with Crippen molar-refractivity contribution in [1.29, 1.82) is 0 Å².